The van der Waals surface area contributed by atoms with Crippen molar-refractivity contribution in [3.8, 4) is 11.5 Å². The second-order valence-corrected chi connectivity index (χ2v) is 10.8. The first-order valence-corrected chi connectivity index (χ1v) is 15.6. The number of hydrogen-bond acceptors (Lipinski definition) is 7. The third kappa shape index (κ3) is 13.7. The predicted molar refractivity (Wildman–Crippen MR) is 151 cm³/mol. The maximum absolute atomic E-state index is 12.5. The van der Waals surface area contributed by atoms with Gasteiger partial charge in [-0.2, -0.15) is 0 Å². The highest BCUT2D eigenvalue weighted by Gasteiger charge is 2.25. The van der Waals surface area contributed by atoms with Crippen LogP contribution in [0, 0.1) is 0 Å². The van der Waals surface area contributed by atoms with Crippen molar-refractivity contribution in [3.63, 3.8) is 0 Å². The van der Waals surface area contributed by atoms with E-state index in [1.807, 2.05) is 0 Å². The number of hydrogen-bond donors (Lipinski definition) is 1. The minimum Gasteiger partial charge on any atom is -0.462 e. The van der Waals surface area contributed by atoms with E-state index >= 15 is 0 Å². The highest BCUT2D eigenvalue weighted by atomic mass is 31.2. The van der Waals surface area contributed by atoms with E-state index in [0.29, 0.717) is 24.3 Å². The number of benzene rings is 2. The quantitative estimate of drug-likeness (QED) is 0.0975. The van der Waals surface area contributed by atoms with Crippen molar-refractivity contribution in [2.24, 2.45) is 0 Å². The molecule has 0 unspecified atom stereocenters. The molecule has 39 heavy (non-hydrogen) atoms. The molecule has 2 rings (SSSR count). The van der Waals surface area contributed by atoms with Gasteiger partial charge in [-0.1, -0.05) is 78.1 Å². The molecule has 0 atom stereocenters. The molecular formula is C30H43O8P. The molecule has 0 fully saturated rings. The van der Waals surface area contributed by atoms with Crippen molar-refractivity contribution in [2.45, 2.75) is 90.9 Å². The van der Waals surface area contributed by atoms with E-state index in [1.54, 1.807) is 0 Å². The van der Waals surface area contributed by atoms with Crippen LogP contribution in [0.5, 0.6) is 11.5 Å². The van der Waals surface area contributed by atoms with E-state index in [1.165, 1.54) is 87.1 Å². The van der Waals surface area contributed by atoms with E-state index in [4.69, 9.17) is 18.5 Å². The van der Waals surface area contributed by atoms with Crippen LogP contribution < -0.4 is 9.05 Å². The van der Waals surface area contributed by atoms with Gasteiger partial charge >= 0.3 is 19.8 Å². The predicted octanol–water partition coefficient (Wildman–Crippen LogP) is 8.28. The molecule has 1 N–H and O–H groups in total. The fraction of sp³-hybridized carbons (Fsp3) is 0.533. The fourth-order valence-electron chi connectivity index (χ4n) is 3.85. The summed E-state index contributed by atoms with van der Waals surface area (Å²) in [5, 5.41) is 0. The fourth-order valence-corrected chi connectivity index (χ4v) is 4.66. The highest BCUT2D eigenvalue weighted by molar-refractivity contribution is 7.48. The van der Waals surface area contributed by atoms with Crippen LogP contribution >= 0.6 is 7.82 Å². The topological polar surface area (TPSA) is 108 Å². The lowest BCUT2D eigenvalue weighted by molar-refractivity contribution is 0.0488. The summed E-state index contributed by atoms with van der Waals surface area (Å²) in [4.78, 5) is 34.5. The third-order valence-corrected chi connectivity index (χ3v) is 6.97. The zero-order chi connectivity index (χ0) is 28.3. The normalized spacial score (nSPS) is 11.2. The lowest BCUT2D eigenvalue weighted by Gasteiger charge is -2.14. The molecule has 9 heteroatoms. The maximum atomic E-state index is 12.5. The second-order valence-electron chi connectivity index (χ2n) is 9.51. The number of carbonyl (C=O) groups is 2. The first-order valence-electron chi connectivity index (χ1n) is 14.1. The van der Waals surface area contributed by atoms with Gasteiger partial charge in [-0.05, 0) is 61.4 Å². The molecule has 0 amide bonds. The maximum Gasteiger partial charge on any atom is 0.584 e. The molecule has 0 aliphatic carbocycles. The van der Waals surface area contributed by atoms with Crippen LogP contribution in [-0.4, -0.2) is 30.0 Å². The Labute approximate surface area is 232 Å². The first kappa shape index (κ1) is 32.4. The van der Waals surface area contributed by atoms with Gasteiger partial charge in [0.2, 0.25) is 0 Å². The van der Waals surface area contributed by atoms with Gasteiger partial charge in [-0.15, -0.1) is 0 Å². The van der Waals surface area contributed by atoms with E-state index in [0.717, 1.165) is 38.5 Å². The van der Waals surface area contributed by atoms with Crippen LogP contribution in [0.4, 0.5) is 0 Å². The molecule has 0 aliphatic rings. The number of esters is 2. The van der Waals surface area contributed by atoms with Gasteiger partial charge in [0.15, 0.2) is 0 Å². The smallest absolute Gasteiger partial charge is 0.462 e. The first-order chi connectivity index (χ1) is 18.8. The zero-order valence-electron chi connectivity index (χ0n) is 23.3. The highest BCUT2D eigenvalue weighted by Crippen LogP contribution is 2.44. The van der Waals surface area contributed by atoms with Crippen LogP contribution in [0.15, 0.2) is 48.5 Å². The Morgan fingerprint density at radius 2 is 0.923 bits per heavy atom. The van der Waals surface area contributed by atoms with Gasteiger partial charge in [0, 0.05) is 0 Å². The van der Waals surface area contributed by atoms with Gasteiger partial charge in [-0.25, -0.2) is 14.2 Å². The summed E-state index contributed by atoms with van der Waals surface area (Å²) in [6, 6.07) is 11.4. The van der Waals surface area contributed by atoms with Crippen molar-refractivity contribution in [2.75, 3.05) is 13.2 Å². The SMILES string of the molecule is CCCCCCCCOC(=O)c1ccc(OP(=O)(O)Oc2ccc(C(=O)OCCCCCCCC)cc2)cc1. The van der Waals surface area contributed by atoms with Crippen LogP contribution in [0.1, 0.15) is 112 Å². The van der Waals surface area contributed by atoms with E-state index < -0.39 is 19.8 Å². The number of rotatable bonds is 20. The Morgan fingerprint density at radius 1 is 0.590 bits per heavy atom. The minimum atomic E-state index is -4.51. The Balaban J connectivity index is 1.74. The lowest BCUT2D eigenvalue weighted by Crippen LogP contribution is -2.07. The summed E-state index contributed by atoms with van der Waals surface area (Å²) in [6.07, 6.45) is 13.2. The Bertz CT molecular complexity index is 941. The van der Waals surface area contributed by atoms with Gasteiger partial charge in [0.1, 0.15) is 11.5 Å². The molecule has 216 valence electrons. The van der Waals surface area contributed by atoms with Gasteiger partial charge < -0.3 is 18.5 Å². The van der Waals surface area contributed by atoms with Crippen molar-refractivity contribution in [1.29, 1.82) is 0 Å². The Hall–Kier alpha value is -2.83. The molecule has 8 nitrogen and oxygen atoms in total. The van der Waals surface area contributed by atoms with Crippen LogP contribution in [0.2, 0.25) is 0 Å². The molecule has 0 saturated heterocycles. The number of ether oxygens (including phenoxy) is 2. The second kappa shape index (κ2) is 18.5. The molecule has 2 aromatic carbocycles. The van der Waals surface area contributed by atoms with Crippen LogP contribution in [0.3, 0.4) is 0 Å². The third-order valence-electron chi connectivity index (χ3n) is 6.08. The lowest BCUT2D eigenvalue weighted by atomic mass is 10.1. The van der Waals surface area contributed by atoms with Gasteiger partial charge in [0.25, 0.3) is 0 Å². The summed E-state index contributed by atoms with van der Waals surface area (Å²) >= 11 is 0. The Morgan fingerprint density at radius 3 is 1.28 bits per heavy atom. The summed E-state index contributed by atoms with van der Waals surface area (Å²) in [5.74, 6) is -0.792. The molecule has 0 radical (unpaired) electrons. The summed E-state index contributed by atoms with van der Waals surface area (Å²) in [5.41, 5.74) is 0.641. The summed E-state index contributed by atoms with van der Waals surface area (Å²) < 4.78 is 33.2. The molecule has 0 saturated carbocycles. The molecule has 0 heterocycles. The molecule has 0 aromatic heterocycles. The van der Waals surface area contributed by atoms with Crippen molar-refractivity contribution in [3.05, 3.63) is 59.7 Å². The van der Waals surface area contributed by atoms with E-state index in [2.05, 4.69) is 13.8 Å². The molecule has 0 aliphatic heterocycles. The standard InChI is InChI=1S/C30H43O8P/c1-3-5-7-9-11-13-23-35-29(31)25-15-19-27(20-16-25)37-39(33,34)38-28-21-17-26(18-22-28)30(32)36-24-14-12-10-8-6-4-2/h15-22H,3-14,23-24H2,1-2H3,(H,33,34). The summed E-state index contributed by atoms with van der Waals surface area (Å²) in [6.45, 7) is 5.06. The van der Waals surface area contributed by atoms with Gasteiger partial charge in [0.05, 0.1) is 24.3 Å². The van der Waals surface area contributed by atoms with Crippen LogP contribution in [-0.2, 0) is 14.0 Å². The number of phosphoric acid groups is 1. The van der Waals surface area contributed by atoms with Crippen molar-refractivity contribution < 1.29 is 37.6 Å². The molecule has 2 aromatic rings. The van der Waals surface area contributed by atoms with Crippen molar-refractivity contribution >= 4 is 19.8 Å². The molecule has 0 bridgehead atoms. The largest absolute Gasteiger partial charge is 0.584 e. The molecule has 0 spiro atoms. The van der Waals surface area contributed by atoms with Gasteiger partial charge in [-0.3, -0.25) is 4.89 Å². The average molecular weight is 563 g/mol. The van der Waals surface area contributed by atoms with E-state index in [9.17, 15) is 19.0 Å². The zero-order valence-corrected chi connectivity index (χ0v) is 24.2. The molecular weight excluding hydrogens is 519 g/mol. The van der Waals surface area contributed by atoms with E-state index in [-0.39, 0.29) is 11.5 Å². The average Bonchev–Trinajstić information content (AvgIpc) is 2.92. The number of phosphoric ester groups is 1. The monoisotopic (exact) mass is 562 g/mol. The van der Waals surface area contributed by atoms with Crippen molar-refractivity contribution in [1.82, 2.24) is 0 Å². The number of unbranched alkanes of at least 4 members (excludes halogenated alkanes) is 10. The minimum absolute atomic E-state index is 0.0585. The number of carbonyl (C=O) groups excluding carboxylic acids is 2. The Kier molecular flexibility index (Phi) is 15.3. The van der Waals surface area contributed by atoms with Crippen LogP contribution in [0.25, 0.3) is 0 Å². The summed E-state index contributed by atoms with van der Waals surface area (Å²) in [7, 11) is -4.51.